The molecule has 0 saturated carbocycles. The first kappa shape index (κ1) is 17.8. The number of aromatic nitrogens is 3. The lowest BCUT2D eigenvalue weighted by atomic mass is 9.91. The number of nitrogens with two attached hydrogens (primary N) is 1. The molecule has 1 saturated heterocycles. The first-order valence-electron chi connectivity index (χ1n) is 10.0. The van der Waals surface area contributed by atoms with Crippen LogP contribution in [-0.2, 0) is 6.54 Å². The van der Waals surface area contributed by atoms with Crippen molar-refractivity contribution in [3.8, 4) is 5.69 Å². The number of aromatic amines is 1. The van der Waals surface area contributed by atoms with Gasteiger partial charge in [-0.25, -0.2) is 9.98 Å². The van der Waals surface area contributed by atoms with Crippen molar-refractivity contribution in [3.05, 3.63) is 72.1 Å². The number of fused-ring (bicyclic) bond motifs is 1. The van der Waals surface area contributed by atoms with Gasteiger partial charge in [-0.15, -0.1) is 0 Å². The van der Waals surface area contributed by atoms with Crippen LogP contribution in [0.5, 0.6) is 0 Å². The number of piperidine rings is 1. The van der Waals surface area contributed by atoms with Gasteiger partial charge in [0.2, 0.25) is 0 Å². The van der Waals surface area contributed by atoms with Crippen molar-refractivity contribution in [2.75, 3.05) is 13.1 Å². The first-order chi connectivity index (χ1) is 14.3. The number of imidazole rings is 1. The zero-order valence-corrected chi connectivity index (χ0v) is 16.3. The van der Waals surface area contributed by atoms with Gasteiger partial charge in [0.1, 0.15) is 5.82 Å². The quantitative estimate of drug-likeness (QED) is 0.642. The first-order valence-corrected chi connectivity index (χ1v) is 10.0. The zero-order valence-electron chi connectivity index (χ0n) is 16.3. The fourth-order valence-corrected chi connectivity index (χ4v) is 4.20. The summed E-state index contributed by atoms with van der Waals surface area (Å²) in [5.41, 5.74) is 12.1. The van der Waals surface area contributed by atoms with E-state index in [9.17, 15) is 0 Å². The van der Waals surface area contributed by atoms with E-state index >= 15 is 0 Å². The second-order valence-corrected chi connectivity index (χ2v) is 7.66. The van der Waals surface area contributed by atoms with E-state index in [0.29, 0.717) is 5.92 Å². The minimum atomic E-state index is 0.395. The van der Waals surface area contributed by atoms with E-state index in [0.717, 1.165) is 60.9 Å². The minimum Gasteiger partial charge on any atom is -0.400 e. The third-order valence-electron chi connectivity index (χ3n) is 5.86. The van der Waals surface area contributed by atoms with Crippen LogP contribution in [0.15, 0.2) is 65.9 Å². The Labute approximate surface area is 170 Å². The van der Waals surface area contributed by atoms with Gasteiger partial charge in [0.15, 0.2) is 0 Å². The molecule has 3 aromatic rings. The summed E-state index contributed by atoms with van der Waals surface area (Å²) in [6.07, 6.45) is 11.3. The minimum absolute atomic E-state index is 0.395. The number of hydrogen-bond acceptors (Lipinski definition) is 5. The Morgan fingerprint density at radius 2 is 1.97 bits per heavy atom. The molecule has 2 aliphatic heterocycles. The van der Waals surface area contributed by atoms with E-state index in [-0.39, 0.29) is 0 Å². The van der Waals surface area contributed by atoms with Gasteiger partial charge in [-0.3, -0.25) is 4.90 Å². The number of nitrogens with one attached hydrogen (secondary N) is 2. The molecule has 1 fully saturated rings. The molecule has 2 aliphatic rings. The smallest absolute Gasteiger partial charge is 0.141 e. The van der Waals surface area contributed by atoms with Gasteiger partial charge in [-0.2, -0.15) is 0 Å². The Hall–Kier alpha value is -3.32. The molecule has 29 heavy (non-hydrogen) atoms. The maximum Gasteiger partial charge on any atom is 0.141 e. The average molecular weight is 387 g/mol. The summed E-state index contributed by atoms with van der Waals surface area (Å²) in [6.45, 7) is 3.08. The molecule has 0 spiro atoms. The number of benzene rings is 1. The Morgan fingerprint density at radius 3 is 2.72 bits per heavy atom. The monoisotopic (exact) mass is 387 g/mol. The van der Waals surface area contributed by atoms with Crippen molar-refractivity contribution in [1.29, 1.82) is 0 Å². The van der Waals surface area contributed by atoms with Gasteiger partial charge in [0.05, 0.1) is 18.4 Å². The van der Waals surface area contributed by atoms with Crippen molar-refractivity contribution in [2.45, 2.75) is 19.4 Å². The summed E-state index contributed by atoms with van der Waals surface area (Å²) < 4.78 is 2.02. The average Bonchev–Trinajstić information content (AvgIpc) is 3.46. The highest BCUT2D eigenvalue weighted by atomic mass is 15.1. The summed E-state index contributed by atoms with van der Waals surface area (Å²) in [4.78, 5) is 14.1. The maximum absolute atomic E-state index is 6.57. The fraction of sp³-hybridized carbons (Fsp3) is 0.273. The SMILES string of the molecule is N/C(=C1\NC=Nc2[nH]ccc21)C1CCN(Cc2ccc(-n3ccnc3)cc2)CC1. The lowest BCUT2D eigenvalue weighted by Gasteiger charge is -2.33. The molecular weight excluding hydrogens is 362 g/mol. The standard InChI is InChI=1S/C22H25N7/c23-20(21-19-5-8-25-22(19)27-14-26-21)17-6-10-28(11-7-17)13-16-1-3-18(4-2-16)29-12-9-24-15-29/h1-5,8-9,12,14-15,17,25H,6-7,10-11,13,23H2,(H,26,27)/b21-20-. The van der Waals surface area contributed by atoms with E-state index in [2.05, 4.69) is 49.4 Å². The van der Waals surface area contributed by atoms with Gasteiger partial charge in [-0.1, -0.05) is 12.1 Å². The predicted octanol–water partition coefficient (Wildman–Crippen LogP) is 3.00. The number of aliphatic imine (C=N–C) groups is 1. The highest BCUT2D eigenvalue weighted by Gasteiger charge is 2.25. The number of rotatable bonds is 4. The normalized spacial score (nSPS) is 19.0. The molecule has 0 amide bonds. The van der Waals surface area contributed by atoms with E-state index in [1.54, 1.807) is 12.5 Å². The van der Waals surface area contributed by atoms with E-state index in [1.165, 1.54) is 5.56 Å². The summed E-state index contributed by atoms with van der Waals surface area (Å²) in [7, 11) is 0. The molecule has 0 bridgehead atoms. The summed E-state index contributed by atoms with van der Waals surface area (Å²) >= 11 is 0. The highest BCUT2D eigenvalue weighted by Crippen LogP contribution is 2.32. The van der Waals surface area contributed by atoms with E-state index < -0.39 is 0 Å². The van der Waals surface area contributed by atoms with Crippen LogP contribution >= 0.6 is 0 Å². The van der Waals surface area contributed by atoms with Gasteiger partial charge in [-0.05, 0) is 49.7 Å². The lowest BCUT2D eigenvalue weighted by Crippen LogP contribution is -2.36. The fourth-order valence-electron chi connectivity index (χ4n) is 4.20. The molecule has 1 aromatic carbocycles. The lowest BCUT2D eigenvalue weighted by molar-refractivity contribution is 0.191. The molecule has 0 radical (unpaired) electrons. The van der Waals surface area contributed by atoms with Crippen molar-refractivity contribution in [1.82, 2.24) is 24.8 Å². The number of likely N-dealkylation sites (tertiary alicyclic amines) is 1. The van der Waals surface area contributed by atoms with Crippen molar-refractivity contribution >= 4 is 17.9 Å². The van der Waals surface area contributed by atoms with Gasteiger partial charge < -0.3 is 20.6 Å². The van der Waals surface area contributed by atoms with E-state index in [4.69, 9.17) is 5.73 Å². The molecule has 4 N–H and O–H groups in total. The van der Waals surface area contributed by atoms with Crippen molar-refractivity contribution in [2.24, 2.45) is 16.6 Å². The van der Waals surface area contributed by atoms with Crippen LogP contribution in [0.25, 0.3) is 11.4 Å². The number of nitrogens with zero attached hydrogens (tertiary/aromatic N) is 4. The molecule has 0 aliphatic carbocycles. The molecule has 5 rings (SSSR count). The van der Waals surface area contributed by atoms with E-state index in [1.807, 2.05) is 29.4 Å². The number of allylic oxidation sites excluding steroid dienone is 1. The topological polar surface area (TPSA) is 87.3 Å². The zero-order chi connectivity index (χ0) is 19.6. The molecule has 0 unspecified atom stereocenters. The third-order valence-corrected chi connectivity index (χ3v) is 5.86. The summed E-state index contributed by atoms with van der Waals surface area (Å²) in [5.74, 6) is 1.27. The third kappa shape index (κ3) is 3.56. The molecule has 0 atom stereocenters. The molecule has 7 nitrogen and oxygen atoms in total. The summed E-state index contributed by atoms with van der Waals surface area (Å²) in [5, 5.41) is 3.25. The van der Waals surface area contributed by atoms with Crippen LogP contribution in [-0.4, -0.2) is 38.9 Å². The van der Waals surface area contributed by atoms with Crippen LogP contribution in [0.4, 0.5) is 5.82 Å². The Bertz CT molecular complexity index is 1020. The summed E-state index contributed by atoms with van der Waals surface area (Å²) in [6, 6.07) is 10.7. The molecule has 148 valence electrons. The van der Waals surface area contributed by atoms with Gasteiger partial charge >= 0.3 is 0 Å². The molecule has 2 aromatic heterocycles. The van der Waals surface area contributed by atoms with Crippen LogP contribution < -0.4 is 11.1 Å². The predicted molar refractivity (Wildman–Crippen MR) is 115 cm³/mol. The maximum atomic E-state index is 6.57. The Balaban J connectivity index is 1.21. The highest BCUT2D eigenvalue weighted by molar-refractivity contribution is 5.87. The Morgan fingerprint density at radius 1 is 1.14 bits per heavy atom. The Kier molecular flexibility index (Phi) is 4.65. The second-order valence-electron chi connectivity index (χ2n) is 7.66. The van der Waals surface area contributed by atoms with Crippen LogP contribution in [0.1, 0.15) is 24.0 Å². The van der Waals surface area contributed by atoms with Crippen LogP contribution in [0, 0.1) is 5.92 Å². The number of H-pyrrole nitrogens is 1. The van der Waals surface area contributed by atoms with Crippen LogP contribution in [0.3, 0.4) is 0 Å². The second kappa shape index (κ2) is 7.60. The van der Waals surface area contributed by atoms with Gasteiger partial charge in [0, 0.05) is 48.0 Å². The van der Waals surface area contributed by atoms with Crippen molar-refractivity contribution < 1.29 is 0 Å². The molecular formula is C22H25N7. The van der Waals surface area contributed by atoms with Crippen LogP contribution in [0.2, 0.25) is 0 Å². The number of hydrogen-bond donors (Lipinski definition) is 3. The van der Waals surface area contributed by atoms with Gasteiger partial charge in [0.25, 0.3) is 0 Å². The largest absolute Gasteiger partial charge is 0.400 e. The van der Waals surface area contributed by atoms with Crippen molar-refractivity contribution in [3.63, 3.8) is 0 Å². The molecule has 4 heterocycles. The molecule has 7 heteroatoms.